The maximum absolute atomic E-state index is 6.04. The van der Waals surface area contributed by atoms with E-state index < -0.39 is 0 Å². The van der Waals surface area contributed by atoms with Crippen LogP contribution in [0.1, 0.15) is 30.1 Å². The Kier molecular flexibility index (Phi) is 2.82. The summed E-state index contributed by atoms with van der Waals surface area (Å²) in [6.45, 7) is 1.96. The van der Waals surface area contributed by atoms with E-state index in [1.54, 1.807) is 12.1 Å². The number of benzene rings is 1. The van der Waals surface area contributed by atoms with Gasteiger partial charge in [0.15, 0.2) is 12.0 Å². The smallest absolute Gasteiger partial charge is 0.224 e. The first-order valence-corrected chi connectivity index (χ1v) is 7.13. The van der Waals surface area contributed by atoms with E-state index in [2.05, 4.69) is 15.0 Å². The van der Waals surface area contributed by atoms with Gasteiger partial charge in [0.1, 0.15) is 22.2 Å². The van der Waals surface area contributed by atoms with Crippen LogP contribution in [0.25, 0.3) is 11.1 Å². The molecule has 0 atom stereocenters. The summed E-state index contributed by atoms with van der Waals surface area (Å²) in [6, 6.07) is 5.31. The number of hydrogen-bond acceptors (Lipinski definition) is 5. The average molecular weight is 302 g/mol. The summed E-state index contributed by atoms with van der Waals surface area (Å²) in [7, 11) is 0. The molecule has 3 aromatic rings. The first kappa shape index (κ1) is 12.6. The Hall–Kier alpha value is -2.14. The van der Waals surface area contributed by atoms with Gasteiger partial charge in [-0.25, -0.2) is 9.97 Å². The Morgan fingerprint density at radius 3 is 2.90 bits per heavy atom. The molecule has 6 heteroatoms. The Morgan fingerprint density at radius 1 is 1.24 bits per heavy atom. The SMILES string of the molecule is Cc1cc(Oc2cc(Cl)nc(C3CC3)n2)cc2ocnc12. The van der Waals surface area contributed by atoms with Gasteiger partial charge < -0.3 is 9.15 Å². The first-order valence-electron chi connectivity index (χ1n) is 6.75. The highest BCUT2D eigenvalue weighted by molar-refractivity contribution is 6.29. The van der Waals surface area contributed by atoms with Gasteiger partial charge in [-0.3, -0.25) is 0 Å². The van der Waals surface area contributed by atoms with Gasteiger partial charge in [-0.15, -0.1) is 0 Å². The third-order valence-corrected chi connectivity index (χ3v) is 3.65. The minimum Gasteiger partial charge on any atom is -0.443 e. The lowest BCUT2D eigenvalue weighted by Gasteiger charge is -2.07. The van der Waals surface area contributed by atoms with Gasteiger partial charge in [-0.05, 0) is 31.4 Å². The summed E-state index contributed by atoms with van der Waals surface area (Å²) in [5.41, 5.74) is 2.51. The normalized spacial score (nSPS) is 14.6. The number of aromatic nitrogens is 3. The molecule has 21 heavy (non-hydrogen) atoms. The Balaban J connectivity index is 1.70. The van der Waals surface area contributed by atoms with E-state index in [9.17, 15) is 0 Å². The molecule has 0 N–H and O–H groups in total. The molecule has 0 unspecified atom stereocenters. The standard InChI is InChI=1S/C15H12ClN3O2/c1-8-4-10(5-11-14(8)17-7-20-11)21-13-6-12(16)18-15(19-13)9-2-3-9/h4-7,9H,2-3H2,1H3. The van der Waals surface area contributed by atoms with Crippen LogP contribution in [0.2, 0.25) is 5.15 Å². The van der Waals surface area contributed by atoms with Crippen molar-refractivity contribution in [3.8, 4) is 11.6 Å². The number of oxazole rings is 1. The van der Waals surface area contributed by atoms with E-state index in [1.807, 2.05) is 13.0 Å². The van der Waals surface area contributed by atoms with Crippen molar-refractivity contribution in [2.24, 2.45) is 0 Å². The molecule has 4 rings (SSSR count). The van der Waals surface area contributed by atoms with Crippen molar-refractivity contribution < 1.29 is 9.15 Å². The van der Waals surface area contributed by atoms with Crippen LogP contribution in [0, 0.1) is 6.92 Å². The molecule has 106 valence electrons. The summed E-state index contributed by atoms with van der Waals surface area (Å²) in [6.07, 6.45) is 3.65. The van der Waals surface area contributed by atoms with Crippen molar-refractivity contribution in [3.05, 3.63) is 41.1 Å². The lowest BCUT2D eigenvalue weighted by molar-refractivity contribution is 0.457. The summed E-state index contributed by atoms with van der Waals surface area (Å²) in [4.78, 5) is 12.8. The van der Waals surface area contributed by atoms with Crippen LogP contribution in [0.4, 0.5) is 0 Å². The van der Waals surface area contributed by atoms with E-state index in [1.165, 1.54) is 6.39 Å². The van der Waals surface area contributed by atoms with Crippen LogP contribution in [0.3, 0.4) is 0 Å². The molecule has 0 radical (unpaired) electrons. The van der Waals surface area contributed by atoms with E-state index in [0.29, 0.717) is 28.3 Å². The molecule has 2 heterocycles. The molecule has 5 nitrogen and oxygen atoms in total. The molecule has 0 bridgehead atoms. The minimum atomic E-state index is 0.402. The quantitative estimate of drug-likeness (QED) is 0.677. The molecule has 1 fully saturated rings. The molecule has 0 saturated heterocycles. The Morgan fingerprint density at radius 2 is 2.10 bits per heavy atom. The second-order valence-electron chi connectivity index (χ2n) is 5.20. The highest BCUT2D eigenvalue weighted by atomic mass is 35.5. The molecule has 0 spiro atoms. The maximum atomic E-state index is 6.04. The zero-order valence-corrected chi connectivity index (χ0v) is 12.1. The van der Waals surface area contributed by atoms with Gasteiger partial charge in [0.25, 0.3) is 0 Å². The zero-order chi connectivity index (χ0) is 14.4. The third kappa shape index (κ3) is 2.45. The monoisotopic (exact) mass is 301 g/mol. The molecule has 2 aromatic heterocycles. The van der Waals surface area contributed by atoms with Gasteiger partial charge in [-0.2, -0.15) is 4.98 Å². The second kappa shape index (κ2) is 4.70. The summed E-state index contributed by atoms with van der Waals surface area (Å²) >= 11 is 6.04. The lowest BCUT2D eigenvalue weighted by atomic mass is 10.2. The van der Waals surface area contributed by atoms with Gasteiger partial charge >= 0.3 is 0 Å². The van der Waals surface area contributed by atoms with Crippen molar-refractivity contribution >= 4 is 22.7 Å². The highest BCUT2D eigenvalue weighted by Gasteiger charge is 2.27. The highest BCUT2D eigenvalue weighted by Crippen LogP contribution is 2.39. The number of rotatable bonds is 3. The van der Waals surface area contributed by atoms with Crippen molar-refractivity contribution in [2.45, 2.75) is 25.7 Å². The molecule has 1 saturated carbocycles. The number of ether oxygens (including phenoxy) is 1. The number of aryl methyl sites for hydroxylation is 1. The molecule has 1 aromatic carbocycles. The van der Waals surface area contributed by atoms with Gasteiger partial charge in [-0.1, -0.05) is 11.6 Å². The molecule has 0 aliphatic heterocycles. The first-order chi connectivity index (χ1) is 10.2. The van der Waals surface area contributed by atoms with Crippen LogP contribution < -0.4 is 4.74 Å². The molecule has 1 aliphatic rings. The summed E-state index contributed by atoms with van der Waals surface area (Å²) in [5, 5.41) is 0.402. The second-order valence-corrected chi connectivity index (χ2v) is 5.59. The fraction of sp³-hybridized carbons (Fsp3) is 0.267. The van der Waals surface area contributed by atoms with Crippen LogP contribution >= 0.6 is 11.6 Å². The van der Waals surface area contributed by atoms with Crippen molar-refractivity contribution in [1.29, 1.82) is 0 Å². The topological polar surface area (TPSA) is 61.0 Å². The van der Waals surface area contributed by atoms with Gasteiger partial charge in [0.2, 0.25) is 5.88 Å². The van der Waals surface area contributed by atoms with E-state index in [0.717, 1.165) is 29.7 Å². The lowest BCUT2D eigenvalue weighted by Crippen LogP contribution is -1.96. The van der Waals surface area contributed by atoms with Crippen molar-refractivity contribution in [1.82, 2.24) is 15.0 Å². The van der Waals surface area contributed by atoms with Gasteiger partial charge in [0.05, 0.1) is 0 Å². The predicted molar refractivity (Wildman–Crippen MR) is 77.8 cm³/mol. The third-order valence-electron chi connectivity index (χ3n) is 3.45. The van der Waals surface area contributed by atoms with Crippen LogP contribution in [0.5, 0.6) is 11.6 Å². The van der Waals surface area contributed by atoms with Crippen LogP contribution in [0.15, 0.2) is 29.0 Å². The minimum absolute atomic E-state index is 0.402. The van der Waals surface area contributed by atoms with Gasteiger partial charge in [0, 0.05) is 18.1 Å². The summed E-state index contributed by atoms with van der Waals surface area (Å²) in [5.74, 6) is 2.28. The number of hydrogen-bond donors (Lipinski definition) is 0. The van der Waals surface area contributed by atoms with Crippen molar-refractivity contribution in [2.75, 3.05) is 0 Å². The van der Waals surface area contributed by atoms with E-state index >= 15 is 0 Å². The fourth-order valence-corrected chi connectivity index (χ4v) is 2.46. The van der Waals surface area contributed by atoms with E-state index in [4.69, 9.17) is 20.8 Å². The zero-order valence-electron chi connectivity index (χ0n) is 11.3. The average Bonchev–Trinajstić information content (AvgIpc) is 3.17. The molecular weight excluding hydrogens is 290 g/mol. The predicted octanol–water partition coefficient (Wildman–Crippen LogP) is 4.25. The summed E-state index contributed by atoms with van der Waals surface area (Å²) < 4.78 is 11.1. The van der Waals surface area contributed by atoms with Crippen molar-refractivity contribution in [3.63, 3.8) is 0 Å². The maximum Gasteiger partial charge on any atom is 0.224 e. The molecule has 0 amide bonds. The fourth-order valence-electron chi connectivity index (χ4n) is 2.28. The number of halogens is 1. The molecule has 1 aliphatic carbocycles. The number of fused-ring (bicyclic) bond motifs is 1. The van der Waals surface area contributed by atoms with Crippen LogP contribution in [-0.2, 0) is 0 Å². The largest absolute Gasteiger partial charge is 0.443 e. The van der Waals surface area contributed by atoms with E-state index in [-0.39, 0.29) is 0 Å². The van der Waals surface area contributed by atoms with Crippen LogP contribution in [-0.4, -0.2) is 15.0 Å². The Labute approximate surface area is 125 Å². The number of nitrogens with zero attached hydrogens (tertiary/aromatic N) is 3. The Bertz CT molecular complexity index is 827. The molecular formula is C15H12ClN3O2.